The normalized spacial score (nSPS) is 20.2. The van der Waals surface area contributed by atoms with Crippen LogP contribution in [0.3, 0.4) is 0 Å². The van der Waals surface area contributed by atoms with Crippen molar-refractivity contribution in [1.29, 1.82) is 0 Å². The molecule has 1 fully saturated rings. The number of halogens is 1. The Kier molecular flexibility index (Phi) is 4.90. The molecule has 1 heterocycles. The third kappa shape index (κ3) is 4.18. The van der Waals surface area contributed by atoms with Gasteiger partial charge in [-0.2, -0.15) is 0 Å². The number of hydrogen-bond acceptors (Lipinski definition) is 4. The maximum Gasteiger partial charge on any atom is 0.255 e. The number of piperidine rings is 1. The number of sulfonamides is 1. The number of amides is 1. The van der Waals surface area contributed by atoms with Gasteiger partial charge in [0.05, 0.1) is 11.8 Å². The Morgan fingerprint density at radius 1 is 1.48 bits per heavy atom. The van der Waals surface area contributed by atoms with E-state index < -0.39 is 15.9 Å². The number of benzene rings is 1. The van der Waals surface area contributed by atoms with Crippen LogP contribution in [0.25, 0.3) is 0 Å². The van der Waals surface area contributed by atoms with Crippen molar-refractivity contribution in [3.8, 4) is 5.75 Å². The molecule has 0 bridgehead atoms. The number of carbonyl (C=O) groups is 1. The highest BCUT2D eigenvalue weighted by Crippen LogP contribution is 2.22. The molecule has 8 heteroatoms. The first-order chi connectivity index (χ1) is 9.77. The molecule has 1 aliphatic rings. The lowest BCUT2D eigenvalue weighted by molar-refractivity contribution is 0.0918. The van der Waals surface area contributed by atoms with Gasteiger partial charge in [-0.25, -0.2) is 12.7 Å². The molecule has 21 heavy (non-hydrogen) atoms. The number of phenolic OH excluding ortho intramolecular Hbond substituents is 1. The molecule has 1 unspecified atom stereocenters. The molecule has 1 aliphatic heterocycles. The number of rotatable bonds is 3. The van der Waals surface area contributed by atoms with Crippen LogP contribution in [0.1, 0.15) is 23.2 Å². The van der Waals surface area contributed by atoms with Crippen molar-refractivity contribution in [2.24, 2.45) is 0 Å². The third-order valence-corrected chi connectivity index (χ3v) is 5.16. The van der Waals surface area contributed by atoms with Crippen LogP contribution in [0, 0.1) is 0 Å². The smallest absolute Gasteiger partial charge is 0.255 e. The van der Waals surface area contributed by atoms with E-state index in [1.54, 1.807) is 6.07 Å². The molecule has 1 aromatic rings. The topological polar surface area (TPSA) is 86.7 Å². The van der Waals surface area contributed by atoms with E-state index in [1.807, 2.05) is 0 Å². The van der Waals surface area contributed by atoms with Crippen molar-refractivity contribution in [2.75, 3.05) is 19.3 Å². The predicted octanol–water partition coefficient (Wildman–Crippen LogP) is 1.31. The molecule has 1 atom stereocenters. The zero-order valence-electron chi connectivity index (χ0n) is 11.5. The first-order valence-electron chi connectivity index (χ1n) is 6.52. The maximum atomic E-state index is 12.1. The first-order valence-corrected chi connectivity index (χ1v) is 9.16. The summed E-state index contributed by atoms with van der Waals surface area (Å²) in [5.74, 6) is -0.516. The number of carbonyl (C=O) groups excluding carboxylic acids is 1. The van der Waals surface area contributed by atoms with Crippen LogP contribution < -0.4 is 5.32 Å². The molecular formula is C13H17BrN2O4S. The summed E-state index contributed by atoms with van der Waals surface area (Å²) in [4.78, 5) is 12.1. The van der Waals surface area contributed by atoms with Gasteiger partial charge in [-0.05, 0) is 31.0 Å². The number of nitrogens with zero attached hydrogens (tertiary/aromatic N) is 1. The van der Waals surface area contributed by atoms with Gasteiger partial charge in [0, 0.05) is 23.6 Å². The van der Waals surface area contributed by atoms with Gasteiger partial charge in [0.2, 0.25) is 10.0 Å². The molecule has 116 valence electrons. The minimum atomic E-state index is -3.25. The van der Waals surface area contributed by atoms with Crippen LogP contribution in [0.15, 0.2) is 22.7 Å². The van der Waals surface area contributed by atoms with Crippen LogP contribution in [0.5, 0.6) is 5.75 Å². The summed E-state index contributed by atoms with van der Waals surface area (Å²) in [7, 11) is -3.25. The average Bonchev–Trinajstić information content (AvgIpc) is 2.37. The van der Waals surface area contributed by atoms with Crippen LogP contribution in [0.2, 0.25) is 0 Å². The Bertz CT molecular complexity index is 648. The Balaban J connectivity index is 2.05. The minimum Gasteiger partial charge on any atom is -0.507 e. The highest BCUT2D eigenvalue weighted by molar-refractivity contribution is 9.10. The van der Waals surface area contributed by atoms with Gasteiger partial charge in [0.25, 0.3) is 5.91 Å². The van der Waals surface area contributed by atoms with E-state index in [0.29, 0.717) is 17.4 Å². The molecule has 2 N–H and O–H groups in total. The molecule has 0 aliphatic carbocycles. The van der Waals surface area contributed by atoms with E-state index in [4.69, 9.17) is 0 Å². The van der Waals surface area contributed by atoms with E-state index in [2.05, 4.69) is 21.2 Å². The summed E-state index contributed by atoms with van der Waals surface area (Å²) in [6.45, 7) is 0.747. The van der Waals surface area contributed by atoms with Crippen LogP contribution >= 0.6 is 15.9 Å². The molecule has 0 aromatic heterocycles. The van der Waals surface area contributed by atoms with Crippen molar-refractivity contribution in [3.05, 3.63) is 28.2 Å². The molecule has 1 amide bonds. The second-order valence-corrected chi connectivity index (χ2v) is 7.99. The van der Waals surface area contributed by atoms with Gasteiger partial charge in [0.15, 0.2) is 0 Å². The number of nitrogens with one attached hydrogen (secondary N) is 1. The van der Waals surface area contributed by atoms with Crippen molar-refractivity contribution >= 4 is 31.9 Å². The van der Waals surface area contributed by atoms with Gasteiger partial charge in [-0.15, -0.1) is 0 Å². The summed E-state index contributed by atoms with van der Waals surface area (Å²) in [6.07, 6.45) is 2.58. The van der Waals surface area contributed by atoms with Crippen LogP contribution in [-0.2, 0) is 10.0 Å². The highest BCUT2D eigenvalue weighted by Gasteiger charge is 2.27. The molecule has 1 aromatic carbocycles. The molecule has 6 nitrogen and oxygen atoms in total. The first kappa shape index (κ1) is 16.3. The summed E-state index contributed by atoms with van der Waals surface area (Å²) in [5.41, 5.74) is 0.176. The van der Waals surface area contributed by atoms with Crippen molar-refractivity contribution in [3.63, 3.8) is 0 Å². The molecule has 2 rings (SSSR count). The Labute approximate surface area is 132 Å². The zero-order chi connectivity index (χ0) is 15.6. The summed E-state index contributed by atoms with van der Waals surface area (Å²) >= 11 is 3.21. The van der Waals surface area contributed by atoms with E-state index in [0.717, 1.165) is 12.7 Å². The SMILES string of the molecule is CS(=O)(=O)N1CCCC(NC(=O)c2ccc(Br)cc2O)C1. The van der Waals surface area contributed by atoms with Crippen molar-refractivity contribution in [1.82, 2.24) is 9.62 Å². The summed E-state index contributed by atoms with van der Waals surface area (Å²) in [5, 5.41) is 12.6. The van der Waals surface area contributed by atoms with Gasteiger partial charge < -0.3 is 10.4 Å². The van der Waals surface area contributed by atoms with Gasteiger partial charge in [0.1, 0.15) is 5.75 Å². The lowest BCUT2D eigenvalue weighted by atomic mass is 10.1. The zero-order valence-corrected chi connectivity index (χ0v) is 13.9. The van der Waals surface area contributed by atoms with E-state index >= 15 is 0 Å². The van der Waals surface area contributed by atoms with Gasteiger partial charge in [-0.1, -0.05) is 15.9 Å². The van der Waals surface area contributed by atoms with Crippen LogP contribution in [0.4, 0.5) is 0 Å². The van der Waals surface area contributed by atoms with E-state index in [-0.39, 0.29) is 23.9 Å². The molecule has 1 saturated heterocycles. The third-order valence-electron chi connectivity index (χ3n) is 3.39. The minimum absolute atomic E-state index is 0.113. The highest BCUT2D eigenvalue weighted by atomic mass is 79.9. The quantitative estimate of drug-likeness (QED) is 0.832. The monoisotopic (exact) mass is 376 g/mol. The summed E-state index contributed by atoms with van der Waals surface area (Å²) in [6, 6.07) is 4.38. The van der Waals surface area contributed by atoms with Crippen LogP contribution in [-0.4, -0.2) is 49.1 Å². The average molecular weight is 377 g/mol. The van der Waals surface area contributed by atoms with Gasteiger partial charge in [-0.3, -0.25) is 4.79 Å². The van der Waals surface area contributed by atoms with Crippen molar-refractivity contribution < 1.29 is 18.3 Å². The number of aromatic hydroxyl groups is 1. The molecule has 0 radical (unpaired) electrons. The molecule has 0 spiro atoms. The second-order valence-electron chi connectivity index (χ2n) is 5.10. The lowest BCUT2D eigenvalue weighted by Gasteiger charge is -2.31. The predicted molar refractivity (Wildman–Crippen MR) is 82.7 cm³/mol. The van der Waals surface area contributed by atoms with E-state index in [1.165, 1.54) is 16.4 Å². The Morgan fingerprint density at radius 2 is 2.19 bits per heavy atom. The fraction of sp³-hybridized carbons (Fsp3) is 0.462. The standard InChI is InChI=1S/C13H17BrN2O4S/c1-21(19,20)16-6-2-3-10(8-16)15-13(18)11-5-4-9(14)7-12(11)17/h4-5,7,10,17H,2-3,6,8H2,1H3,(H,15,18). The maximum absolute atomic E-state index is 12.1. The summed E-state index contributed by atoms with van der Waals surface area (Å²) < 4.78 is 25.1. The Morgan fingerprint density at radius 3 is 2.81 bits per heavy atom. The van der Waals surface area contributed by atoms with E-state index in [9.17, 15) is 18.3 Å². The second kappa shape index (κ2) is 6.33. The van der Waals surface area contributed by atoms with Gasteiger partial charge >= 0.3 is 0 Å². The Hall–Kier alpha value is -1.12. The van der Waals surface area contributed by atoms with Crippen molar-refractivity contribution in [2.45, 2.75) is 18.9 Å². The lowest BCUT2D eigenvalue weighted by Crippen LogP contribution is -2.49. The number of hydrogen-bond donors (Lipinski definition) is 2. The number of phenols is 1. The molecular weight excluding hydrogens is 360 g/mol. The fourth-order valence-electron chi connectivity index (χ4n) is 2.32. The molecule has 0 saturated carbocycles. The fourth-order valence-corrected chi connectivity index (χ4v) is 3.58. The largest absolute Gasteiger partial charge is 0.507 e.